The second kappa shape index (κ2) is 4.68. The highest BCUT2D eigenvalue weighted by Gasteiger charge is 2.32. The first kappa shape index (κ1) is 13.8. The maximum Gasteiger partial charge on any atom is 0.257 e. The van der Waals surface area contributed by atoms with Crippen LogP contribution < -0.4 is 5.32 Å². The number of benzene rings is 2. The predicted octanol–water partition coefficient (Wildman–Crippen LogP) is 1.89. The molecule has 0 saturated heterocycles. The van der Waals surface area contributed by atoms with Crippen LogP contribution in [0.4, 0.5) is 5.69 Å². The summed E-state index contributed by atoms with van der Waals surface area (Å²) in [6.07, 6.45) is 0. The highest BCUT2D eigenvalue weighted by Crippen LogP contribution is 2.36. The fraction of sp³-hybridized carbons (Fsp3) is 0.133. The van der Waals surface area contributed by atoms with Crippen LogP contribution in [0.25, 0.3) is 0 Å². The monoisotopic (exact) mass is 303 g/mol. The van der Waals surface area contributed by atoms with Crippen molar-refractivity contribution in [2.75, 3.05) is 5.32 Å². The average molecular weight is 303 g/mol. The van der Waals surface area contributed by atoms with E-state index in [0.717, 1.165) is 0 Å². The Morgan fingerprint density at radius 2 is 1.81 bits per heavy atom. The van der Waals surface area contributed by atoms with Gasteiger partial charge in [0.05, 0.1) is 27.6 Å². The first-order valence-electron chi connectivity index (χ1n) is 6.35. The molecule has 0 aliphatic carbocycles. The summed E-state index contributed by atoms with van der Waals surface area (Å²) in [5.74, 6) is -0.467. The summed E-state index contributed by atoms with van der Waals surface area (Å²) in [7, 11) is -3.78. The van der Waals surface area contributed by atoms with Crippen LogP contribution in [0.1, 0.15) is 21.5 Å². The van der Waals surface area contributed by atoms with E-state index < -0.39 is 15.7 Å². The van der Waals surface area contributed by atoms with Crippen LogP contribution in [-0.2, 0) is 16.4 Å². The number of fused-ring (bicyclic) bond motifs is 2. The lowest BCUT2D eigenvalue weighted by Gasteiger charge is -2.13. The van der Waals surface area contributed by atoms with Gasteiger partial charge in [-0.25, -0.2) is 8.42 Å². The molecule has 1 aliphatic heterocycles. The number of rotatable bonds is 1. The molecule has 21 heavy (non-hydrogen) atoms. The van der Waals surface area contributed by atoms with Crippen molar-refractivity contribution in [3.8, 4) is 0 Å². The van der Waals surface area contributed by atoms with E-state index in [-0.39, 0.29) is 27.6 Å². The summed E-state index contributed by atoms with van der Waals surface area (Å²) in [5.41, 5.74) is 1.50. The number of hydrogen-bond donors (Lipinski definition) is 2. The van der Waals surface area contributed by atoms with Crippen LogP contribution in [0.3, 0.4) is 0 Å². The topological polar surface area (TPSA) is 83.5 Å². The molecule has 0 spiro atoms. The van der Waals surface area contributed by atoms with E-state index in [1.54, 1.807) is 25.1 Å². The van der Waals surface area contributed by atoms with Gasteiger partial charge in [-0.3, -0.25) is 4.79 Å². The Hall–Kier alpha value is -2.18. The zero-order valence-corrected chi connectivity index (χ0v) is 12.1. The van der Waals surface area contributed by atoms with Gasteiger partial charge in [0.15, 0.2) is 0 Å². The van der Waals surface area contributed by atoms with Gasteiger partial charge in [-0.2, -0.15) is 0 Å². The molecule has 2 N–H and O–H groups in total. The van der Waals surface area contributed by atoms with Gasteiger partial charge in [0, 0.05) is 0 Å². The SMILES string of the molecule is Cc1c(CO)ccc2c1NC(=O)c1ccccc1S2(=O)=O. The highest BCUT2D eigenvalue weighted by atomic mass is 32.2. The molecule has 0 unspecified atom stereocenters. The highest BCUT2D eigenvalue weighted by molar-refractivity contribution is 7.91. The predicted molar refractivity (Wildman–Crippen MR) is 76.9 cm³/mol. The van der Waals surface area contributed by atoms with Crippen molar-refractivity contribution in [3.63, 3.8) is 0 Å². The minimum Gasteiger partial charge on any atom is -0.392 e. The summed E-state index contributed by atoms with van der Waals surface area (Å²) in [6, 6.07) is 9.10. The Balaban J connectivity index is 2.39. The largest absolute Gasteiger partial charge is 0.392 e. The first-order valence-corrected chi connectivity index (χ1v) is 7.84. The van der Waals surface area contributed by atoms with Crippen molar-refractivity contribution >= 4 is 21.4 Å². The molecule has 0 saturated carbocycles. The third-order valence-corrected chi connectivity index (χ3v) is 5.51. The molecule has 1 amide bonds. The number of aliphatic hydroxyl groups is 1. The summed E-state index contributed by atoms with van der Waals surface area (Å²) in [6.45, 7) is 1.46. The van der Waals surface area contributed by atoms with Gasteiger partial charge in [0.1, 0.15) is 0 Å². The van der Waals surface area contributed by atoms with Crippen molar-refractivity contribution in [3.05, 3.63) is 53.1 Å². The summed E-state index contributed by atoms with van der Waals surface area (Å²) >= 11 is 0. The Kier molecular flexibility index (Phi) is 3.07. The number of sulfone groups is 1. The number of nitrogens with one attached hydrogen (secondary N) is 1. The molecule has 1 heterocycles. The van der Waals surface area contributed by atoms with E-state index in [2.05, 4.69) is 5.32 Å². The molecule has 0 fully saturated rings. The minimum absolute atomic E-state index is 0.00241. The summed E-state index contributed by atoms with van der Waals surface area (Å²) in [5, 5.41) is 11.9. The second-order valence-corrected chi connectivity index (χ2v) is 6.72. The smallest absolute Gasteiger partial charge is 0.257 e. The van der Waals surface area contributed by atoms with Gasteiger partial charge in [0.25, 0.3) is 5.91 Å². The Morgan fingerprint density at radius 3 is 2.52 bits per heavy atom. The molecule has 5 nitrogen and oxygen atoms in total. The Bertz CT molecular complexity index is 856. The molecule has 1 aliphatic rings. The average Bonchev–Trinajstić information content (AvgIpc) is 2.56. The van der Waals surface area contributed by atoms with E-state index in [1.807, 2.05) is 0 Å². The second-order valence-electron chi connectivity index (χ2n) is 4.83. The molecule has 0 radical (unpaired) electrons. The van der Waals surface area contributed by atoms with Crippen LogP contribution in [0.2, 0.25) is 0 Å². The Morgan fingerprint density at radius 1 is 1.10 bits per heavy atom. The van der Waals surface area contributed by atoms with E-state index in [4.69, 9.17) is 0 Å². The number of carbonyl (C=O) groups excluding carboxylic acids is 1. The molecule has 0 bridgehead atoms. The van der Waals surface area contributed by atoms with Crippen molar-refractivity contribution in [1.29, 1.82) is 0 Å². The first-order chi connectivity index (χ1) is 9.96. The van der Waals surface area contributed by atoms with Gasteiger partial charge < -0.3 is 10.4 Å². The molecule has 2 aromatic carbocycles. The van der Waals surface area contributed by atoms with Crippen LogP contribution in [0.15, 0.2) is 46.2 Å². The molecule has 0 aromatic heterocycles. The molecule has 0 atom stereocenters. The number of anilines is 1. The van der Waals surface area contributed by atoms with E-state index in [9.17, 15) is 18.3 Å². The minimum atomic E-state index is -3.78. The number of carbonyl (C=O) groups is 1. The lowest BCUT2D eigenvalue weighted by molar-refractivity contribution is 0.102. The van der Waals surface area contributed by atoms with Gasteiger partial charge in [0.2, 0.25) is 9.84 Å². The lowest BCUT2D eigenvalue weighted by Crippen LogP contribution is -2.13. The summed E-state index contributed by atoms with van der Waals surface area (Å²) in [4.78, 5) is 12.3. The number of amides is 1. The van der Waals surface area contributed by atoms with E-state index in [0.29, 0.717) is 11.1 Å². The number of hydrogen-bond acceptors (Lipinski definition) is 4. The quantitative estimate of drug-likeness (QED) is 0.842. The molecular formula is C15H13NO4S. The van der Waals surface area contributed by atoms with Crippen LogP contribution in [0, 0.1) is 6.92 Å². The van der Waals surface area contributed by atoms with E-state index in [1.165, 1.54) is 18.2 Å². The normalized spacial score (nSPS) is 15.6. The third kappa shape index (κ3) is 1.95. The molecule has 3 rings (SSSR count). The fourth-order valence-corrected chi connectivity index (χ4v) is 4.13. The maximum absolute atomic E-state index is 12.8. The molecule has 2 aromatic rings. The van der Waals surface area contributed by atoms with Crippen LogP contribution in [0.5, 0.6) is 0 Å². The lowest BCUT2D eigenvalue weighted by atomic mass is 10.1. The fourth-order valence-electron chi connectivity index (χ4n) is 2.47. The molecule has 108 valence electrons. The van der Waals surface area contributed by atoms with Crippen LogP contribution >= 0.6 is 0 Å². The van der Waals surface area contributed by atoms with E-state index >= 15 is 0 Å². The zero-order valence-electron chi connectivity index (χ0n) is 11.3. The maximum atomic E-state index is 12.8. The number of aliphatic hydroxyl groups excluding tert-OH is 1. The van der Waals surface area contributed by atoms with Gasteiger partial charge in [-0.1, -0.05) is 18.2 Å². The molecular weight excluding hydrogens is 290 g/mol. The van der Waals surface area contributed by atoms with Crippen molar-refractivity contribution in [1.82, 2.24) is 0 Å². The molecule has 6 heteroatoms. The standard InChI is InChI=1S/C15H13NO4S/c1-9-10(8-17)6-7-13-14(9)16-15(18)11-4-2-3-5-12(11)21(13,19)20/h2-7,17H,8H2,1H3,(H,16,18). The Labute approximate surface area is 122 Å². The van der Waals surface area contributed by atoms with Gasteiger partial charge in [-0.15, -0.1) is 0 Å². The van der Waals surface area contributed by atoms with Gasteiger partial charge >= 0.3 is 0 Å². The zero-order chi connectivity index (χ0) is 15.2. The summed E-state index contributed by atoms with van der Waals surface area (Å²) < 4.78 is 25.5. The van der Waals surface area contributed by atoms with Crippen molar-refractivity contribution in [2.45, 2.75) is 23.3 Å². The van der Waals surface area contributed by atoms with Crippen molar-refractivity contribution < 1.29 is 18.3 Å². The third-order valence-electron chi connectivity index (χ3n) is 3.66. The van der Waals surface area contributed by atoms with Crippen LogP contribution in [-0.4, -0.2) is 19.4 Å². The van der Waals surface area contributed by atoms with Crippen molar-refractivity contribution in [2.24, 2.45) is 0 Å². The van der Waals surface area contributed by atoms with Gasteiger partial charge in [-0.05, 0) is 36.2 Å².